The van der Waals surface area contributed by atoms with Gasteiger partial charge in [-0.25, -0.2) is 0 Å². The number of fused-ring (bicyclic) bond motifs is 2. The second kappa shape index (κ2) is 14.9. The maximum atomic E-state index is 6.58. The minimum Gasteiger partial charge on any atom is -0.497 e. The van der Waals surface area contributed by atoms with Gasteiger partial charge < -0.3 is 14.5 Å². The van der Waals surface area contributed by atoms with Crippen LogP contribution in [0, 0.1) is 18.8 Å². The molecule has 0 unspecified atom stereocenters. The van der Waals surface area contributed by atoms with E-state index in [4.69, 9.17) is 9.72 Å². The Hall–Kier alpha value is -5.00. The van der Waals surface area contributed by atoms with Crippen LogP contribution in [0.15, 0.2) is 144 Å². The normalized spacial score (nSPS) is 13.2. The summed E-state index contributed by atoms with van der Waals surface area (Å²) in [7, 11) is 0. The number of pyridine rings is 1. The molecular formula is C48H38N3OPtS2-3. The van der Waals surface area contributed by atoms with Crippen LogP contribution >= 0.6 is 22.7 Å². The molecule has 276 valence electrons. The molecule has 1 aliphatic heterocycles. The molecule has 0 saturated heterocycles. The number of anilines is 2. The van der Waals surface area contributed by atoms with E-state index in [0.29, 0.717) is 10.8 Å². The van der Waals surface area contributed by atoms with E-state index >= 15 is 0 Å². The van der Waals surface area contributed by atoms with Crippen LogP contribution in [-0.4, -0.2) is 4.98 Å². The van der Waals surface area contributed by atoms with Crippen LogP contribution in [0.1, 0.15) is 40.2 Å². The number of rotatable bonds is 7. The smallest absolute Gasteiger partial charge is 0.107 e. The number of hydrogen-bond donors (Lipinski definition) is 0. The average molecular weight is 932 g/mol. The molecule has 0 aliphatic carbocycles. The Kier molecular flexibility index (Phi) is 10.0. The first-order chi connectivity index (χ1) is 26.2. The van der Waals surface area contributed by atoms with Crippen LogP contribution in [0.3, 0.4) is 0 Å². The van der Waals surface area contributed by atoms with Crippen molar-refractivity contribution >= 4 is 54.2 Å². The van der Waals surface area contributed by atoms with E-state index in [1.54, 1.807) is 22.7 Å². The number of ether oxygens (including phenoxy) is 1. The first kappa shape index (κ1) is 36.9. The van der Waals surface area contributed by atoms with Crippen LogP contribution in [0.2, 0.25) is 0 Å². The molecule has 3 aromatic heterocycles. The number of nitrogens with zero attached hydrogens (tertiary/aromatic N) is 3. The minimum absolute atomic E-state index is 0. The van der Waals surface area contributed by atoms with Gasteiger partial charge in [0.25, 0.3) is 0 Å². The fourth-order valence-electron chi connectivity index (χ4n) is 7.19. The van der Waals surface area contributed by atoms with E-state index in [-0.39, 0.29) is 26.5 Å². The van der Waals surface area contributed by atoms with Gasteiger partial charge in [0, 0.05) is 66.9 Å². The third kappa shape index (κ3) is 6.93. The summed E-state index contributed by atoms with van der Waals surface area (Å²) in [5.74, 6) is 0.637. The van der Waals surface area contributed by atoms with Crippen molar-refractivity contribution in [3.05, 3.63) is 169 Å². The Morgan fingerprint density at radius 3 is 2.09 bits per heavy atom. The molecule has 9 rings (SSSR count). The van der Waals surface area contributed by atoms with Gasteiger partial charge in [0.2, 0.25) is 0 Å². The van der Waals surface area contributed by atoms with Crippen molar-refractivity contribution in [2.75, 3.05) is 9.80 Å². The molecule has 0 radical (unpaired) electrons. The molecule has 55 heavy (non-hydrogen) atoms. The maximum absolute atomic E-state index is 6.58. The quantitative estimate of drug-likeness (QED) is 0.149. The standard InChI is InChI=1S/C48H38N3OS2.Pt/c1-31-32(2)51(46-39(33-14-8-6-9-15-33)20-13-21-40(46)34-16-10-7-11-17-34)30-50(31)37-18-12-19-38(28-37)52-44-29-41-43(54-44)26-35-23-25-53-47(35)45(41)42-27-36(22-24-49-42)48(3,4)5;/h6-27,30H,1-5H3;/q-3;. The molecular weight excluding hydrogens is 894 g/mol. The molecule has 0 amide bonds. The maximum Gasteiger partial charge on any atom is 0.107 e. The Labute approximate surface area is 345 Å². The molecule has 8 aromatic rings. The van der Waals surface area contributed by atoms with E-state index in [1.165, 1.54) is 37.9 Å². The topological polar surface area (TPSA) is 28.6 Å². The predicted molar refractivity (Wildman–Crippen MR) is 228 cm³/mol. The number of para-hydroxylation sites is 1. The third-order valence-corrected chi connectivity index (χ3v) is 12.0. The van der Waals surface area contributed by atoms with E-state index < -0.39 is 0 Å². The van der Waals surface area contributed by atoms with Crippen LogP contribution in [-0.2, 0) is 26.5 Å². The van der Waals surface area contributed by atoms with Gasteiger partial charge in [-0.15, -0.1) is 36.6 Å². The van der Waals surface area contributed by atoms with Crippen molar-refractivity contribution in [1.82, 2.24) is 4.98 Å². The molecule has 1 aliphatic rings. The van der Waals surface area contributed by atoms with Gasteiger partial charge in [-0.05, 0) is 69.6 Å². The van der Waals surface area contributed by atoms with Crippen molar-refractivity contribution in [2.24, 2.45) is 0 Å². The molecule has 0 bridgehead atoms. The van der Waals surface area contributed by atoms with Gasteiger partial charge in [0.05, 0.1) is 0 Å². The minimum atomic E-state index is 0. The number of allylic oxidation sites excluding steroid dienone is 2. The summed E-state index contributed by atoms with van der Waals surface area (Å²) in [6.45, 7) is 13.2. The summed E-state index contributed by atoms with van der Waals surface area (Å²) in [5.41, 5.74) is 12.3. The number of hydrogen-bond acceptors (Lipinski definition) is 6. The summed E-state index contributed by atoms with van der Waals surface area (Å²) in [4.78, 5) is 9.38. The fraction of sp³-hybridized carbons (Fsp3) is 0.125. The predicted octanol–water partition coefficient (Wildman–Crippen LogP) is 13.9. The Morgan fingerprint density at radius 2 is 1.40 bits per heavy atom. The molecule has 0 N–H and O–H groups in total. The molecule has 0 fully saturated rings. The van der Waals surface area contributed by atoms with Gasteiger partial charge in [0.15, 0.2) is 0 Å². The zero-order valence-corrected chi connectivity index (χ0v) is 35.1. The van der Waals surface area contributed by atoms with Crippen molar-refractivity contribution < 1.29 is 25.8 Å². The summed E-state index contributed by atoms with van der Waals surface area (Å²) < 4.78 is 8.92. The van der Waals surface area contributed by atoms with Gasteiger partial charge in [0.1, 0.15) is 5.06 Å². The second-order valence-corrected chi connectivity index (χ2v) is 16.6. The van der Waals surface area contributed by atoms with Crippen molar-refractivity contribution in [3.63, 3.8) is 0 Å². The first-order valence-electron chi connectivity index (χ1n) is 18.1. The first-order valence-corrected chi connectivity index (χ1v) is 19.8. The zero-order valence-electron chi connectivity index (χ0n) is 31.2. The van der Waals surface area contributed by atoms with Crippen LogP contribution in [0.25, 0.3) is 53.7 Å². The number of thiophene rings is 2. The molecule has 4 heterocycles. The van der Waals surface area contributed by atoms with Gasteiger partial charge in [-0.2, -0.15) is 34.1 Å². The van der Waals surface area contributed by atoms with E-state index in [9.17, 15) is 0 Å². The van der Waals surface area contributed by atoms with Crippen LogP contribution in [0.4, 0.5) is 11.4 Å². The Morgan fingerprint density at radius 1 is 0.727 bits per heavy atom. The third-order valence-electron chi connectivity index (χ3n) is 10.2. The number of benzene rings is 5. The number of aromatic nitrogens is 1. The van der Waals surface area contributed by atoms with Crippen molar-refractivity contribution in [2.45, 2.75) is 40.0 Å². The van der Waals surface area contributed by atoms with E-state index in [1.807, 2.05) is 18.3 Å². The molecule has 4 nitrogen and oxygen atoms in total. The van der Waals surface area contributed by atoms with Crippen LogP contribution < -0.4 is 14.5 Å². The van der Waals surface area contributed by atoms with E-state index in [2.05, 4.69) is 178 Å². The summed E-state index contributed by atoms with van der Waals surface area (Å²) in [5, 5.41) is 5.09. The van der Waals surface area contributed by atoms with Gasteiger partial charge in [-0.3, -0.25) is 4.98 Å². The van der Waals surface area contributed by atoms with Crippen LogP contribution in [0.5, 0.6) is 10.8 Å². The monoisotopic (exact) mass is 931 g/mol. The van der Waals surface area contributed by atoms with Gasteiger partial charge in [-0.1, -0.05) is 116 Å². The molecule has 0 saturated carbocycles. The fourth-order valence-corrected chi connectivity index (χ4v) is 9.05. The zero-order chi connectivity index (χ0) is 37.0. The summed E-state index contributed by atoms with van der Waals surface area (Å²) in [6.07, 6.45) is 1.93. The Bertz CT molecular complexity index is 2630. The van der Waals surface area contributed by atoms with E-state index in [0.717, 1.165) is 44.1 Å². The average Bonchev–Trinajstić information content (AvgIpc) is 3.90. The Balaban J connectivity index is 0.00000427. The largest absolute Gasteiger partial charge is 0.497 e. The molecule has 5 aromatic carbocycles. The summed E-state index contributed by atoms with van der Waals surface area (Å²) >= 11 is 3.35. The summed E-state index contributed by atoms with van der Waals surface area (Å²) in [6, 6.07) is 49.9. The van der Waals surface area contributed by atoms with Crippen molar-refractivity contribution in [3.8, 4) is 44.3 Å². The molecule has 0 atom stereocenters. The molecule has 7 heteroatoms. The second-order valence-electron chi connectivity index (χ2n) is 14.6. The van der Waals surface area contributed by atoms with Gasteiger partial charge >= 0.3 is 0 Å². The SMILES string of the molecule is CC1=C(C)N(c2c(-c3ccccc3)cccc2-c2ccccc2)[CH-]N1c1[c-]c(Oc2[c-]c3c(-c4cc(C(C)(C)C)ccn4)c4sccc4cc3s2)ccc1.[Pt]. The van der Waals surface area contributed by atoms with Crippen molar-refractivity contribution in [1.29, 1.82) is 0 Å². The molecule has 0 spiro atoms.